The van der Waals surface area contributed by atoms with Crippen molar-refractivity contribution in [2.24, 2.45) is 0 Å². The first-order valence-electron chi connectivity index (χ1n) is 10.9. The molecule has 5 rings (SSSR count). The molecule has 5 nitrogen and oxygen atoms in total. The lowest BCUT2D eigenvalue weighted by Crippen LogP contribution is -2.11. The third-order valence-corrected chi connectivity index (χ3v) is 6.88. The molecule has 0 unspecified atom stereocenters. The van der Waals surface area contributed by atoms with E-state index in [2.05, 4.69) is 35.3 Å². The van der Waals surface area contributed by atoms with Crippen LogP contribution in [0.2, 0.25) is 5.02 Å². The van der Waals surface area contributed by atoms with Crippen LogP contribution >= 0.6 is 11.6 Å². The Balaban J connectivity index is 1.37. The fraction of sp³-hybridized carbons (Fsp3) is 0.222. The maximum Gasteiger partial charge on any atom is 0.336 e. The molecule has 3 aromatic carbocycles. The highest BCUT2D eigenvalue weighted by Crippen LogP contribution is 2.48. The first kappa shape index (κ1) is 21.6. The predicted octanol–water partition coefficient (Wildman–Crippen LogP) is 6.10. The number of carbonyl (C=O) groups is 1. The van der Waals surface area contributed by atoms with E-state index in [1.165, 1.54) is 5.56 Å². The van der Waals surface area contributed by atoms with Gasteiger partial charge in [-0.3, -0.25) is 0 Å². The minimum Gasteiger partial charge on any atom is -0.487 e. The van der Waals surface area contributed by atoms with Gasteiger partial charge in [0.2, 0.25) is 0 Å². The van der Waals surface area contributed by atoms with Crippen LogP contribution in [0, 0.1) is 6.92 Å². The third kappa shape index (κ3) is 4.10. The van der Waals surface area contributed by atoms with Crippen LogP contribution in [0.5, 0.6) is 5.75 Å². The van der Waals surface area contributed by atoms with E-state index in [9.17, 15) is 15.0 Å². The summed E-state index contributed by atoms with van der Waals surface area (Å²) >= 11 is 6.60. The predicted molar refractivity (Wildman–Crippen MR) is 129 cm³/mol. The number of aliphatic hydroxyl groups excluding tert-OH is 1. The van der Waals surface area contributed by atoms with E-state index in [1.807, 2.05) is 12.1 Å². The fourth-order valence-corrected chi connectivity index (χ4v) is 4.56. The summed E-state index contributed by atoms with van der Waals surface area (Å²) in [4.78, 5) is 14.7. The summed E-state index contributed by atoms with van der Waals surface area (Å²) in [5, 5.41) is 20.6. The number of H-pyrrole nitrogens is 1. The molecule has 4 aromatic rings. The molecule has 0 spiro atoms. The van der Waals surface area contributed by atoms with Gasteiger partial charge in [-0.25, -0.2) is 4.79 Å². The number of aromatic carboxylic acids is 1. The topological polar surface area (TPSA) is 82.5 Å². The van der Waals surface area contributed by atoms with Crippen molar-refractivity contribution in [2.45, 2.75) is 31.8 Å². The molecule has 0 aliphatic heterocycles. The van der Waals surface area contributed by atoms with Crippen LogP contribution < -0.4 is 4.74 Å². The van der Waals surface area contributed by atoms with Crippen molar-refractivity contribution < 1.29 is 19.7 Å². The number of nitrogens with one attached hydrogen (secondary N) is 1. The summed E-state index contributed by atoms with van der Waals surface area (Å²) in [7, 11) is 0. The molecule has 1 aliphatic carbocycles. The molecule has 0 bridgehead atoms. The smallest absolute Gasteiger partial charge is 0.336 e. The highest BCUT2D eigenvalue weighted by Gasteiger charge is 2.43. The number of aromatic amines is 1. The third-order valence-electron chi connectivity index (χ3n) is 6.56. The lowest BCUT2D eigenvalue weighted by molar-refractivity contribution is 0.0695. The van der Waals surface area contributed by atoms with Crippen molar-refractivity contribution in [1.29, 1.82) is 0 Å². The Bertz CT molecular complexity index is 1350. The summed E-state index contributed by atoms with van der Waals surface area (Å²) in [6.07, 6.45) is 2.06. The SMILES string of the molecule is Cc1ccc(OCc2cc3cc(-c4ccc(C5(CO)CC5)cc4)c(Cl)cc3[nH]2)cc1C(=O)O. The molecular weight excluding hydrogens is 438 g/mol. The van der Waals surface area contributed by atoms with Gasteiger partial charge in [-0.05, 0) is 66.8 Å². The van der Waals surface area contributed by atoms with Crippen molar-refractivity contribution in [3.63, 3.8) is 0 Å². The molecule has 1 saturated carbocycles. The molecule has 0 amide bonds. The van der Waals surface area contributed by atoms with Gasteiger partial charge in [0.05, 0.1) is 22.9 Å². The van der Waals surface area contributed by atoms with Gasteiger partial charge in [-0.2, -0.15) is 0 Å². The van der Waals surface area contributed by atoms with Crippen LogP contribution in [-0.2, 0) is 12.0 Å². The molecular formula is C27H24ClNO4. The molecule has 0 atom stereocenters. The first-order valence-corrected chi connectivity index (χ1v) is 11.3. The van der Waals surface area contributed by atoms with E-state index < -0.39 is 5.97 Å². The van der Waals surface area contributed by atoms with Gasteiger partial charge in [0, 0.05) is 21.9 Å². The van der Waals surface area contributed by atoms with Crippen LogP contribution in [0.4, 0.5) is 0 Å². The number of fused-ring (bicyclic) bond motifs is 1. The van der Waals surface area contributed by atoms with Crippen LogP contribution in [-0.4, -0.2) is 27.8 Å². The average Bonchev–Trinajstić information content (AvgIpc) is 3.52. The Morgan fingerprint density at radius 3 is 2.52 bits per heavy atom. The number of ether oxygens (including phenoxy) is 1. The largest absolute Gasteiger partial charge is 0.487 e. The maximum atomic E-state index is 11.3. The van der Waals surface area contributed by atoms with Crippen LogP contribution in [0.25, 0.3) is 22.0 Å². The zero-order valence-electron chi connectivity index (χ0n) is 18.2. The number of carboxylic acid groups (broad SMARTS) is 1. The molecule has 1 aromatic heterocycles. The monoisotopic (exact) mass is 461 g/mol. The van der Waals surface area contributed by atoms with Gasteiger partial charge in [0.1, 0.15) is 12.4 Å². The zero-order valence-corrected chi connectivity index (χ0v) is 18.9. The molecule has 0 radical (unpaired) electrons. The number of aryl methyl sites for hydroxylation is 1. The van der Waals surface area contributed by atoms with Gasteiger partial charge in [0.25, 0.3) is 0 Å². The number of aromatic nitrogens is 1. The molecule has 33 heavy (non-hydrogen) atoms. The van der Waals surface area contributed by atoms with Crippen LogP contribution in [0.3, 0.4) is 0 Å². The summed E-state index contributed by atoms with van der Waals surface area (Å²) in [6, 6.07) is 19.3. The standard InChI is InChI=1S/C27H24ClNO4/c1-16-2-7-21(12-22(16)26(31)32)33-14-20-10-18-11-23(24(28)13-25(18)29-20)17-3-5-19(6-4-17)27(15-30)8-9-27/h2-7,10-13,29-30H,8-9,14-15H2,1H3,(H,31,32). The fourth-order valence-electron chi connectivity index (χ4n) is 4.29. The van der Waals surface area contributed by atoms with Crippen molar-refractivity contribution >= 4 is 28.5 Å². The van der Waals surface area contributed by atoms with Crippen molar-refractivity contribution in [3.05, 3.63) is 88.1 Å². The molecule has 3 N–H and O–H groups in total. The highest BCUT2D eigenvalue weighted by atomic mass is 35.5. The van der Waals surface area contributed by atoms with Gasteiger partial charge in [-0.1, -0.05) is 41.9 Å². The Kier molecular flexibility index (Phi) is 5.39. The number of hydrogen-bond acceptors (Lipinski definition) is 3. The summed E-state index contributed by atoms with van der Waals surface area (Å²) < 4.78 is 5.83. The van der Waals surface area contributed by atoms with E-state index >= 15 is 0 Å². The quantitative estimate of drug-likeness (QED) is 0.310. The molecule has 1 fully saturated rings. The van der Waals surface area contributed by atoms with E-state index in [0.29, 0.717) is 16.3 Å². The second-order valence-electron chi connectivity index (χ2n) is 8.80. The lowest BCUT2D eigenvalue weighted by atomic mass is 9.94. The molecule has 1 aliphatic rings. The van der Waals surface area contributed by atoms with Gasteiger partial charge in [0.15, 0.2) is 0 Å². The summed E-state index contributed by atoms with van der Waals surface area (Å²) in [5.41, 5.74) is 5.80. The lowest BCUT2D eigenvalue weighted by Gasteiger charge is -2.13. The Morgan fingerprint density at radius 1 is 1.09 bits per heavy atom. The van der Waals surface area contributed by atoms with Gasteiger partial charge < -0.3 is 19.9 Å². The second-order valence-corrected chi connectivity index (χ2v) is 9.21. The number of rotatable bonds is 7. The molecule has 168 valence electrons. The van der Waals surface area contributed by atoms with E-state index in [1.54, 1.807) is 25.1 Å². The Labute approximate surface area is 196 Å². The summed E-state index contributed by atoms with van der Waals surface area (Å²) in [5.74, 6) is -0.464. The van der Waals surface area contributed by atoms with Gasteiger partial charge >= 0.3 is 5.97 Å². The summed E-state index contributed by atoms with van der Waals surface area (Å²) in [6.45, 7) is 2.23. The van der Waals surface area contributed by atoms with E-state index in [4.69, 9.17) is 16.3 Å². The number of hydrogen-bond donors (Lipinski definition) is 3. The van der Waals surface area contributed by atoms with E-state index in [0.717, 1.165) is 40.6 Å². The number of carboxylic acids is 1. The minimum absolute atomic E-state index is 0.0511. The highest BCUT2D eigenvalue weighted by molar-refractivity contribution is 6.34. The molecule has 0 saturated heterocycles. The number of halogens is 1. The number of benzene rings is 3. The second kappa shape index (κ2) is 8.25. The molecule has 6 heteroatoms. The van der Waals surface area contributed by atoms with Crippen molar-refractivity contribution in [3.8, 4) is 16.9 Å². The normalized spacial score (nSPS) is 14.4. The van der Waals surface area contributed by atoms with Crippen molar-refractivity contribution in [2.75, 3.05) is 6.61 Å². The first-order chi connectivity index (χ1) is 15.9. The Morgan fingerprint density at radius 2 is 1.85 bits per heavy atom. The Hall–Kier alpha value is -3.28. The zero-order chi connectivity index (χ0) is 23.2. The van der Waals surface area contributed by atoms with Crippen LogP contribution in [0.1, 0.15) is 40.0 Å². The van der Waals surface area contributed by atoms with Gasteiger partial charge in [-0.15, -0.1) is 0 Å². The maximum absolute atomic E-state index is 11.3. The molecule has 1 heterocycles. The average molecular weight is 462 g/mol. The minimum atomic E-state index is -0.970. The van der Waals surface area contributed by atoms with Crippen molar-refractivity contribution in [1.82, 2.24) is 4.98 Å². The van der Waals surface area contributed by atoms with Crippen LogP contribution in [0.15, 0.2) is 60.7 Å². The number of aliphatic hydroxyl groups is 1. The van der Waals surface area contributed by atoms with E-state index in [-0.39, 0.29) is 24.2 Å².